The van der Waals surface area contributed by atoms with E-state index < -0.39 is 0 Å². The molecule has 1 fully saturated rings. The maximum Gasteiger partial charge on any atom is 0.274 e. The molecule has 0 bridgehead atoms. The molecule has 0 spiro atoms. The number of carbonyl (C=O) groups excluding carboxylic acids is 1. The smallest absolute Gasteiger partial charge is 0.274 e. The SMILES string of the molecule is C=CCNc1cnc(C(=O)N2CCN(C)CC2)cn1. The molecule has 1 N–H and O–H groups in total. The Hall–Kier alpha value is -1.95. The van der Waals surface area contributed by atoms with Crippen LogP contribution in [0.1, 0.15) is 10.5 Å². The average Bonchev–Trinajstić information content (AvgIpc) is 2.46. The number of aromatic nitrogens is 2. The molecule has 19 heavy (non-hydrogen) atoms. The van der Waals surface area contributed by atoms with Crippen molar-refractivity contribution >= 4 is 11.7 Å². The van der Waals surface area contributed by atoms with Gasteiger partial charge in [0.1, 0.15) is 11.5 Å². The van der Waals surface area contributed by atoms with Crippen LogP contribution < -0.4 is 5.32 Å². The number of amides is 1. The second-order valence-corrected chi connectivity index (χ2v) is 4.55. The van der Waals surface area contributed by atoms with E-state index in [1.807, 2.05) is 4.90 Å². The Labute approximate surface area is 113 Å². The fourth-order valence-corrected chi connectivity index (χ4v) is 1.88. The monoisotopic (exact) mass is 261 g/mol. The van der Waals surface area contributed by atoms with Gasteiger partial charge in [0.2, 0.25) is 0 Å². The van der Waals surface area contributed by atoms with Crippen molar-refractivity contribution in [2.24, 2.45) is 0 Å². The van der Waals surface area contributed by atoms with Gasteiger partial charge in [0.25, 0.3) is 5.91 Å². The summed E-state index contributed by atoms with van der Waals surface area (Å²) in [6.45, 7) is 7.53. The number of rotatable bonds is 4. The highest BCUT2D eigenvalue weighted by Gasteiger charge is 2.21. The fourth-order valence-electron chi connectivity index (χ4n) is 1.88. The van der Waals surface area contributed by atoms with Gasteiger partial charge in [0.05, 0.1) is 12.4 Å². The number of likely N-dealkylation sites (N-methyl/N-ethyl adjacent to an activating group) is 1. The largest absolute Gasteiger partial charge is 0.365 e. The maximum atomic E-state index is 12.2. The molecule has 1 saturated heterocycles. The Morgan fingerprint density at radius 1 is 1.37 bits per heavy atom. The number of piperazine rings is 1. The highest BCUT2D eigenvalue weighted by Crippen LogP contribution is 2.07. The summed E-state index contributed by atoms with van der Waals surface area (Å²) in [6, 6.07) is 0. The van der Waals surface area contributed by atoms with Gasteiger partial charge in [0, 0.05) is 32.7 Å². The molecule has 0 saturated carbocycles. The summed E-state index contributed by atoms with van der Waals surface area (Å²) in [4.78, 5) is 24.6. The van der Waals surface area contributed by atoms with Crippen molar-refractivity contribution in [2.45, 2.75) is 0 Å². The van der Waals surface area contributed by atoms with Crippen molar-refractivity contribution in [3.05, 3.63) is 30.7 Å². The molecule has 2 heterocycles. The third-order valence-corrected chi connectivity index (χ3v) is 3.09. The van der Waals surface area contributed by atoms with Crippen molar-refractivity contribution in [2.75, 3.05) is 45.1 Å². The fraction of sp³-hybridized carbons (Fsp3) is 0.462. The molecule has 0 unspecified atom stereocenters. The quantitative estimate of drug-likeness (QED) is 0.798. The third kappa shape index (κ3) is 3.51. The number of nitrogens with one attached hydrogen (secondary N) is 1. The molecule has 1 aromatic heterocycles. The predicted molar refractivity (Wildman–Crippen MR) is 74.1 cm³/mol. The Kier molecular flexibility index (Phi) is 4.46. The molecule has 1 amide bonds. The van der Waals surface area contributed by atoms with Gasteiger partial charge in [-0.2, -0.15) is 0 Å². The van der Waals surface area contributed by atoms with Crippen LogP contribution >= 0.6 is 0 Å². The van der Waals surface area contributed by atoms with Crippen LogP contribution in [0.4, 0.5) is 5.82 Å². The third-order valence-electron chi connectivity index (χ3n) is 3.09. The molecule has 1 aliphatic heterocycles. The van der Waals surface area contributed by atoms with Crippen molar-refractivity contribution in [3.8, 4) is 0 Å². The maximum absolute atomic E-state index is 12.2. The second-order valence-electron chi connectivity index (χ2n) is 4.55. The van der Waals surface area contributed by atoms with E-state index in [1.165, 1.54) is 6.20 Å². The first-order chi connectivity index (χ1) is 9.20. The van der Waals surface area contributed by atoms with E-state index in [1.54, 1.807) is 12.3 Å². The minimum Gasteiger partial charge on any atom is -0.365 e. The van der Waals surface area contributed by atoms with Gasteiger partial charge in [-0.15, -0.1) is 6.58 Å². The van der Waals surface area contributed by atoms with Crippen molar-refractivity contribution < 1.29 is 4.79 Å². The normalized spacial score (nSPS) is 16.2. The van der Waals surface area contributed by atoms with Crippen molar-refractivity contribution in [3.63, 3.8) is 0 Å². The van der Waals surface area contributed by atoms with E-state index in [4.69, 9.17) is 0 Å². The summed E-state index contributed by atoms with van der Waals surface area (Å²) in [7, 11) is 2.06. The Bertz CT molecular complexity index is 437. The summed E-state index contributed by atoms with van der Waals surface area (Å²) >= 11 is 0. The first kappa shape index (κ1) is 13.5. The molecule has 6 nitrogen and oxygen atoms in total. The number of hydrogen-bond acceptors (Lipinski definition) is 5. The minimum atomic E-state index is -0.0455. The van der Waals surface area contributed by atoms with Crippen LogP contribution in [0, 0.1) is 0 Å². The van der Waals surface area contributed by atoms with Crippen LogP contribution in [0.3, 0.4) is 0 Å². The molecule has 2 rings (SSSR count). The van der Waals surface area contributed by atoms with E-state index in [9.17, 15) is 4.79 Å². The van der Waals surface area contributed by atoms with Gasteiger partial charge >= 0.3 is 0 Å². The molecule has 6 heteroatoms. The zero-order valence-corrected chi connectivity index (χ0v) is 11.2. The summed E-state index contributed by atoms with van der Waals surface area (Å²) in [5.74, 6) is 0.602. The van der Waals surface area contributed by atoms with Crippen LogP contribution in [0.25, 0.3) is 0 Å². The molecular formula is C13H19N5O. The average molecular weight is 261 g/mol. The summed E-state index contributed by atoms with van der Waals surface area (Å²) in [5, 5.41) is 3.02. The summed E-state index contributed by atoms with van der Waals surface area (Å²) < 4.78 is 0. The highest BCUT2D eigenvalue weighted by molar-refractivity contribution is 5.92. The lowest BCUT2D eigenvalue weighted by Gasteiger charge is -2.32. The lowest BCUT2D eigenvalue weighted by molar-refractivity contribution is 0.0658. The summed E-state index contributed by atoms with van der Waals surface area (Å²) in [6.07, 6.45) is 4.84. The van der Waals surface area contributed by atoms with Gasteiger partial charge in [-0.25, -0.2) is 9.97 Å². The highest BCUT2D eigenvalue weighted by atomic mass is 16.2. The number of nitrogens with zero attached hydrogens (tertiary/aromatic N) is 4. The van der Waals surface area contributed by atoms with Crippen LogP contribution in [0.5, 0.6) is 0 Å². The standard InChI is InChI=1S/C13H19N5O/c1-3-4-14-12-10-15-11(9-16-12)13(19)18-7-5-17(2)6-8-18/h3,9-10H,1,4-8H2,2H3,(H,14,16). The van der Waals surface area contributed by atoms with Crippen LogP contribution in [-0.2, 0) is 0 Å². The topological polar surface area (TPSA) is 61.4 Å². The van der Waals surface area contributed by atoms with E-state index in [-0.39, 0.29) is 5.91 Å². The molecule has 0 aliphatic carbocycles. The van der Waals surface area contributed by atoms with E-state index in [2.05, 4.69) is 33.8 Å². The molecule has 0 aromatic carbocycles. The Morgan fingerprint density at radius 2 is 2.11 bits per heavy atom. The zero-order chi connectivity index (χ0) is 13.7. The van der Waals surface area contributed by atoms with E-state index >= 15 is 0 Å². The van der Waals surface area contributed by atoms with Crippen molar-refractivity contribution in [1.82, 2.24) is 19.8 Å². The first-order valence-electron chi connectivity index (χ1n) is 6.35. The molecule has 102 valence electrons. The molecule has 1 aliphatic rings. The molecule has 1 aromatic rings. The minimum absolute atomic E-state index is 0.0455. The zero-order valence-electron chi connectivity index (χ0n) is 11.2. The van der Waals surface area contributed by atoms with Gasteiger partial charge in [-0.05, 0) is 7.05 Å². The van der Waals surface area contributed by atoms with E-state index in [0.29, 0.717) is 18.1 Å². The lowest BCUT2D eigenvalue weighted by Crippen LogP contribution is -2.47. The van der Waals surface area contributed by atoms with Crippen LogP contribution in [0.2, 0.25) is 0 Å². The van der Waals surface area contributed by atoms with Gasteiger partial charge in [0.15, 0.2) is 0 Å². The van der Waals surface area contributed by atoms with Gasteiger partial charge in [-0.3, -0.25) is 4.79 Å². The lowest BCUT2D eigenvalue weighted by atomic mass is 10.3. The predicted octanol–water partition coefficient (Wildman–Crippen LogP) is 0.462. The molecule has 0 atom stereocenters. The number of anilines is 1. The Balaban J connectivity index is 1.97. The number of hydrogen-bond donors (Lipinski definition) is 1. The van der Waals surface area contributed by atoms with Gasteiger partial charge in [-0.1, -0.05) is 6.08 Å². The first-order valence-corrected chi connectivity index (χ1v) is 6.35. The molecular weight excluding hydrogens is 242 g/mol. The summed E-state index contributed by atoms with van der Waals surface area (Å²) in [5.41, 5.74) is 0.397. The number of carbonyl (C=O) groups is 1. The van der Waals surface area contributed by atoms with Crippen LogP contribution in [0.15, 0.2) is 25.0 Å². The Morgan fingerprint density at radius 3 is 2.68 bits per heavy atom. The second kappa shape index (κ2) is 6.29. The molecule has 0 radical (unpaired) electrons. The van der Waals surface area contributed by atoms with E-state index in [0.717, 1.165) is 26.2 Å². The van der Waals surface area contributed by atoms with Crippen molar-refractivity contribution in [1.29, 1.82) is 0 Å². The van der Waals surface area contributed by atoms with Gasteiger partial charge < -0.3 is 15.1 Å². The van der Waals surface area contributed by atoms with Crippen LogP contribution in [-0.4, -0.2) is 65.4 Å².